The van der Waals surface area contributed by atoms with Crippen LogP contribution in [0.15, 0.2) is 41.5 Å². The zero-order valence-electron chi connectivity index (χ0n) is 16.1. The van der Waals surface area contributed by atoms with Gasteiger partial charge in [0.25, 0.3) is 5.91 Å². The molecule has 2 atom stereocenters. The number of ether oxygens (including phenoxy) is 1. The number of nitrogens with one attached hydrogen (secondary N) is 2. The summed E-state index contributed by atoms with van der Waals surface area (Å²) in [6.45, 7) is 0.687. The number of hydrogen-bond acceptors (Lipinski definition) is 6. The van der Waals surface area contributed by atoms with Crippen LogP contribution in [-0.4, -0.2) is 46.2 Å². The third-order valence-corrected chi connectivity index (χ3v) is 6.24. The van der Waals surface area contributed by atoms with E-state index in [1.165, 1.54) is 36.0 Å². The van der Waals surface area contributed by atoms with Crippen LogP contribution in [0.3, 0.4) is 0 Å². The van der Waals surface area contributed by atoms with Crippen LogP contribution in [0.4, 0.5) is 19.3 Å². The van der Waals surface area contributed by atoms with Gasteiger partial charge < -0.3 is 15.2 Å². The van der Waals surface area contributed by atoms with Crippen LogP contribution < -0.4 is 10.6 Å². The Balaban J connectivity index is 1.69. The maximum atomic E-state index is 15.0. The molecule has 0 saturated carbocycles. The molecule has 3 heterocycles. The summed E-state index contributed by atoms with van der Waals surface area (Å²) < 4.78 is 33.6. The minimum absolute atomic E-state index is 0.00872. The molecule has 0 aliphatic carbocycles. The number of pyridine rings is 1. The number of carbonyl (C=O) groups excluding carboxylic acids is 1. The van der Waals surface area contributed by atoms with Gasteiger partial charge >= 0.3 is 6.09 Å². The van der Waals surface area contributed by atoms with E-state index in [-0.39, 0.29) is 22.3 Å². The first-order valence-corrected chi connectivity index (χ1v) is 10.4. The van der Waals surface area contributed by atoms with Crippen molar-refractivity contribution >= 4 is 34.6 Å². The Morgan fingerprint density at radius 3 is 2.81 bits per heavy atom. The molecular weight excluding hydrogens is 430 g/mol. The summed E-state index contributed by atoms with van der Waals surface area (Å²) in [5.74, 6) is -1.34. The molecule has 8 nitrogen and oxygen atoms in total. The molecule has 1 aromatic carbocycles. The molecule has 0 spiro atoms. The summed E-state index contributed by atoms with van der Waals surface area (Å²) in [6, 6.07) is 6.49. The number of amidine groups is 1. The number of halogens is 2. The standard InChI is InChI=1S/C20H18F2N4O4S/c21-12-1-4-16(23-8-12)17(27)24-13-2-3-15(22)14(7-13)20-5-6-30-9-11(20)10-31-18(26-20)25-19(28)29/h1-4,7-8,11H,5-6,9-10H2,(H,24,27)(H,25,26)(H,28,29)/t11?,20-/m0/s1. The minimum Gasteiger partial charge on any atom is -0.465 e. The molecule has 1 unspecified atom stereocenters. The van der Waals surface area contributed by atoms with Gasteiger partial charge in [-0.3, -0.25) is 15.1 Å². The average molecular weight is 448 g/mol. The van der Waals surface area contributed by atoms with Gasteiger partial charge in [0.05, 0.1) is 18.3 Å². The number of amides is 2. The molecule has 1 saturated heterocycles. The number of hydrogen-bond donors (Lipinski definition) is 3. The summed E-state index contributed by atoms with van der Waals surface area (Å²) in [5, 5.41) is 14.1. The van der Waals surface area contributed by atoms with Crippen molar-refractivity contribution in [3.63, 3.8) is 0 Å². The van der Waals surface area contributed by atoms with Gasteiger partial charge in [0.15, 0.2) is 5.17 Å². The van der Waals surface area contributed by atoms with Crippen molar-refractivity contribution in [2.75, 3.05) is 24.3 Å². The Bertz CT molecular complexity index is 1050. The molecule has 4 rings (SSSR count). The predicted molar refractivity (Wildman–Crippen MR) is 110 cm³/mol. The van der Waals surface area contributed by atoms with Gasteiger partial charge in [-0.1, -0.05) is 11.8 Å². The van der Waals surface area contributed by atoms with Gasteiger partial charge in [-0.15, -0.1) is 0 Å². The fourth-order valence-electron chi connectivity index (χ4n) is 3.73. The number of aromatic nitrogens is 1. The molecule has 31 heavy (non-hydrogen) atoms. The quantitative estimate of drug-likeness (QED) is 0.665. The number of carboxylic acid groups (broad SMARTS) is 1. The second kappa shape index (κ2) is 8.60. The van der Waals surface area contributed by atoms with Crippen molar-refractivity contribution in [3.8, 4) is 0 Å². The first-order chi connectivity index (χ1) is 14.9. The maximum Gasteiger partial charge on any atom is 0.410 e. The highest BCUT2D eigenvalue weighted by molar-refractivity contribution is 8.13. The van der Waals surface area contributed by atoms with Gasteiger partial charge in [0.1, 0.15) is 17.3 Å². The highest BCUT2D eigenvalue weighted by Gasteiger charge is 2.47. The van der Waals surface area contributed by atoms with Crippen molar-refractivity contribution in [1.29, 1.82) is 0 Å². The normalized spacial score (nSPS) is 22.8. The summed E-state index contributed by atoms with van der Waals surface area (Å²) in [7, 11) is 0. The number of fused-ring (bicyclic) bond motifs is 1. The fraction of sp³-hybridized carbons (Fsp3) is 0.300. The summed E-state index contributed by atoms with van der Waals surface area (Å²) >= 11 is 1.24. The average Bonchev–Trinajstić information content (AvgIpc) is 2.75. The molecule has 162 valence electrons. The highest BCUT2D eigenvalue weighted by atomic mass is 32.2. The van der Waals surface area contributed by atoms with E-state index in [2.05, 4.69) is 20.6 Å². The SMILES string of the molecule is O=C(O)NC1=N[C@@]2(c3cc(NC(=O)c4ccc(F)cn4)ccc3F)CCOCC2CS1. The van der Waals surface area contributed by atoms with Crippen LogP contribution in [-0.2, 0) is 10.3 Å². The van der Waals surface area contributed by atoms with E-state index in [1.54, 1.807) is 0 Å². The van der Waals surface area contributed by atoms with E-state index in [4.69, 9.17) is 9.84 Å². The fourth-order valence-corrected chi connectivity index (χ4v) is 4.85. The van der Waals surface area contributed by atoms with E-state index >= 15 is 0 Å². The lowest BCUT2D eigenvalue weighted by Gasteiger charge is -2.44. The number of aliphatic imine (C=N–C) groups is 1. The van der Waals surface area contributed by atoms with Gasteiger partial charge in [0, 0.05) is 35.9 Å². The smallest absolute Gasteiger partial charge is 0.410 e. The van der Waals surface area contributed by atoms with Crippen molar-refractivity contribution in [3.05, 3.63) is 59.4 Å². The third kappa shape index (κ3) is 4.37. The molecule has 1 fully saturated rings. The van der Waals surface area contributed by atoms with Gasteiger partial charge in [-0.25, -0.2) is 18.6 Å². The zero-order chi connectivity index (χ0) is 22.0. The number of nitrogens with zero attached hydrogens (tertiary/aromatic N) is 2. The highest BCUT2D eigenvalue weighted by Crippen LogP contribution is 2.46. The Morgan fingerprint density at radius 2 is 2.06 bits per heavy atom. The van der Waals surface area contributed by atoms with E-state index in [1.807, 2.05) is 0 Å². The van der Waals surface area contributed by atoms with Gasteiger partial charge in [0.2, 0.25) is 0 Å². The van der Waals surface area contributed by atoms with Crippen LogP contribution in [0.1, 0.15) is 22.5 Å². The second-order valence-corrected chi connectivity index (χ2v) is 8.12. The second-order valence-electron chi connectivity index (χ2n) is 7.11. The largest absolute Gasteiger partial charge is 0.465 e. The molecule has 2 aliphatic rings. The van der Waals surface area contributed by atoms with Crippen LogP contribution in [0.2, 0.25) is 0 Å². The molecular formula is C20H18F2N4O4S. The first-order valence-electron chi connectivity index (χ1n) is 9.41. The van der Waals surface area contributed by atoms with Crippen molar-refractivity contribution in [1.82, 2.24) is 10.3 Å². The van der Waals surface area contributed by atoms with Crippen LogP contribution in [0.5, 0.6) is 0 Å². The maximum absolute atomic E-state index is 15.0. The Kier molecular flexibility index (Phi) is 5.88. The lowest BCUT2D eigenvalue weighted by molar-refractivity contribution is 0.00878. The topological polar surface area (TPSA) is 113 Å². The summed E-state index contributed by atoms with van der Waals surface area (Å²) in [4.78, 5) is 31.9. The lowest BCUT2D eigenvalue weighted by Crippen LogP contribution is -2.48. The van der Waals surface area contributed by atoms with E-state index in [0.29, 0.717) is 31.1 Å². The Labute approximate surface area is 180 Å². The number of thioether (sulfide) groups is 1. The molecule has 0 radical (unpaired) electrons. The van der Waals surface area contributed by atoms with Crippen molar-refractivity contribution < 1.29 is 28.2 Å². The molecule has 1 aromatic heterocycles. The van der Waals surface area contributed by atoms with Crippen LogP contribution >= 0.6 is 11.8 Å². The van der Waals surface area contributed by atoms with Crippen LogP contribution in [0.25, 0.3) is 0 Å². The predicted octanol–water partition coefficient (Wildman–Crippen LogP) is 3.21. The molecule has 11 heteroatoms. The molecule has 2 aliphatic heterocycles. The van der Waals surface area contributed by atoms with E-state index < -0.39 is 29.2 Å². The lowest BCUT2D eigenvalue weighted by atomic mass is 9.75. The van der Waals surface area contributed by atoms with Gasteiger partial charge in [-0.05, 0) is 30.3 Å². The molecule has 2 amide bonds. The van der Waals surface area contributed by atoms with Crippen molar-refractivity contribution in [2.24, 2.45) is 10.9 Å². The van der Waals surface area contributed by atoms with E-state index in [9.17, 15) is 18.4 Å². The Morgan fingerprint density at radius 1 is 1.23 bits per heavy atom. The van der Waals surface area contributed by atoms with Crippen molar-refractivity contribution in [2.45, 2.75) is 12.0 Å². The summed E-state index contributed by atoms with van der Waals surface area (Å²) in [6.07, 6.45) is 0.0407. The molecule has 3 N–H and O–H groups in total. The third-order valence-electron chi connectivity index (χ3n) is 5.21. The van der Waals surface area contributed by atoms with E-state index in [0.717, 1.165) is 12.3 Å². The number of anilines is 1. The first kappa shape index (κ1) is 21.2. The zero-order valence-corrected chi connectivity index (χ0v) is 16.9. The monoisotopic (exact) mass is 448 g/mol. The number of rotatable bonds is 3. The Hall–Kier alpha value is -3.05. The van der Waals surface area contributed by atoms with Crippen LogP contribution in [0, 0.1) is 17.6 Å². The molecule has 0 bridgehead atoms. The number of benzene rings is 1. The minimum atomic E-state index is -1.25. The number of carbonyl (C=O) groups is 2. The molecule has 2 aromatic rings. The summed E-state index contributed by atoms with van der Waals surface area (Å²) in [5.41, 5.74) is -0.460. The van der Waals surface area contributed by atoms with Gasteiger partial charge in [-0.2, -0.15) is 0 Å².